The van der Waals surface area contributed by atoms with Gasteiger partial charge in [0.05, 0.1) is 12.7 Å². The molecule has 0 saturated carbocycles. The molecule has 0 spiro atoms. The van der Waals surface area contributed by atoms with Crippen molar-refractivity contribution in [2.24, 2.45) is 0 Å². The van der Waals surface area contributed by atoms with Crippen molar-refractivity contribution in [2.75, 3.05) is 25.0 Å². The molecule has 2 heterocycles. The number of aromatic nitrogens is 2. The van der Waals surface area contributed by atoms with Crippen LogP contribution in [0.2, 0.25) is 78.6 Å². The smallest absolute Gasteiger partial charge is 0.321 e. The van der Waals surface area contributed by atoms with Crippen LogP contribution in [0.15, 0.2) is 10.9 Å². The van der Waals surface area contributed by atoms with Crippen LogP contribution in [0.25, 0.3) is 0 Å². The van der Waals surface area contributed by atoms with Crippen LogP contribution < -0.4 is 26.8 Å². The second kappa shape index (κ2) is 18.5. The molecule has 1 aromatic heterocycles. The maximum atomic E-state index is 13.4. The van der Waals surface area contributed by atoms with Crippen LogP contribution in [0.3, 0.4) is 0 Å². The average molecular weight is 761 g/mol. The lowest BCUT2D eigenvalue weighted by Gasteiger charge is -2.50. The molecule has 0 bridgehead atoms. The molecule has 14 nitrogen and oxygen atoms in total. The number of carbonyl (C=O) groups is 2. The minimum atomic E-state index is -2.13. The van der Waals surface area contributed by atoms with Crippen molar-refractivity contribution in [3.63, 3.8) is 0 Å². The van der Waals surface area contributed by atoms with Crippen LogP contribution >= 0.6 is 0 Å². The molecule has 0 radical (unpaired) electrons. The van der Waals surface area contributed by atoms with E-state index in [1.807, 2.05) is 0 Å². The highest BCUT2D eigenvalue weighted by Gasteiger charge is 2.52. The van der Waals surface area contributed by atoms with E-state index in [2.05, 4.69) is 110 Å². The van der Waals surface area contributed by atoms with Gasteiger partial charge in [0, 0.05) is 24.8 Å². The van der Waals surface area contributed by atoms with E-state index in [-0.39, 0.29) is 17.5 Å². The fourth-order valence-corrected chi connectivity index (χ4v) is 8.83. The van der Waals surface area contributed by atoms with Crippen LogP contribution in [0, 0.1) is 6.92 Å². The Balaban J connectivity index is 2.01. The maximum Gasteiger partial charge on any atom is 0.321 e. The second-order valence-corrected chi connectivity index (χ2v) is 34.4. The number of carbonyl (C=O) groups excluding carboxylic acids is 2. The van der Waals surface area contributed by atoms with Crippen molar-refractivity contribution in [3.8, 4) is 0 Å². The summed E-state index contributed by atoms with van der Waals surface area (Å²) in [5.74, 6) is 0.110. The molecule has 0 aromatic carbocycles. The Morgan fingerprint density at radius 1 is 0.776 bits per heavy atom. The van der Waals surface area contributed by atoms with E-state index in [0.717, 1.165) is 25.7 Å². The van der Waals surface area contributed by atoms with Gasteiger partial charge in [-0.1, -0.05) is 12.8 Å². The molecule has 1 unspecified atom stereocenters. The number of ether oxygens (including phenoxy) is 1. The molecular weight excluding hydrogens is 697 g/mol. The number of anilines is 1. The van der Waals surface area contributed by atoms with E-state index in [4.69, 9.17) is 22.4 Å². The average Bonchev–Trinajstić information content (AvgIpc) is 2.89. The summed E-state index contributed by atoms with van der Waals surface area (Å²) in [7, 11) is -8.18. The second-order valence-electron chi connectivity index (χ2n) is 16.5. The number of aromatic amines is 1. The first-order chi connectivity index (χ1) is 22.4. The van der Waals surface area contributed by atoms with Gasteiger partial charge in [-0.3, -0.25) is 15.1 Å². The first-order valence-corrected chi connectivity index (χ1v) is 31.0. The molecule has 282 valence electrons. The molecule has 1 aromatic rings. The number of aryl methyl sites for hydroxylation is 1. The minimum absolute atomic E-state index is 0.110. The summed E-state index contributed by atoms with van der Waals surface area (Å²) in [6.07, 6.45) is 1.23. The number of rotatable bonds is 18. The van der Waals surface area contributed by atoms with E-state index < -0.39 is 69.9 Å². The number of nitrogens with zero attached hydrogens (tertiary/aromatic N) is 1. The Labute approximate surface area is 297 Å². The molecule has 49 heavy (non-hydrogen) atoms. The molecule has 5 N–H and O–H groups in total. The number of unbranched alkanes of at least 4 members (excludes halogenated alkanes) is 3. The number of urea groups is 2. The summed E-state index contributed by atoms with van der Waals surface area (Å²) in [4.78, 5) is 43.6. The Bertz CT molecular complexity index is 1260. The van der Waals surface area contributed by atoms with E-state index in [1.54, 1.807) is 6.92 Å². The van der Waals surface area contributed by atoms with Crippen LogP contribution in [0.5, 0.6) is 0 Å². The molecule has 1 saturated heterocycles. The quantitative estimate of drug-likeness (QED) is 0.0984. The first kappa shape index (κ1) is 43.3. The summed E-state index contributed by atoms with van der Waals surface area (Å²) in [5, 5.41) is 11.5. The Kier molecular flexibility index (Phi) is 16.4. The van der Waals surface area contributed by atoms with Crippen molar-refractivity contribution < 1.29 is 32.0 Å². The summed E-state index contributed by atoms with van der Waals surface area (Å²) in [5.41, 5.74) is 0.193. The van der Waals surface area contributed by atoms with Crippen molar-refractivity contribution in [3.05, 3.63) is 22.1 Å². The highest BCUT2D eigenvalue weighted by atomic mass is 28.4. The van der Waals surface area contributed by atoms with Crippen LogP contribution in [0.1, 0.15) is 31.4 Å². The lowest BCUT2D eigenvalue weighted by atomic mass is 9.97. The third-order valence-corrected chi connectivity index (χ3v) is 10.8. The highest BCUT2D eigenvalue weighted by molar-refractivity contribution is 6.71. The number of H-pyrrole nitrogens is 1. The summed E-state index contributed by atoms with van der Waals surface area (Å²) in [6.45, 7) is 28.6. The van der Waals surface area contributed by atoms with Gasteiger partial charge in [-0.05, 0) is 98.3 Å². The van der Waals surface area contributed by atoms with Crippen molar-refractivity contribution in [1.82, 2.24) is 25.9 Å². The lowest BCUT2D eigenvalue weighted by molar-refractivity contribution is -0.237. The van der Waals surface area contributed by atoms with Gasteiger partial charge in [-0.2, -0.15) is 0 Å². The number of hydrogen-bond donors (Lipinski definition) is 5. The van der Waals surface area contributed by atoms with Crippen molar-refractivity contribution in [2.45, 2.75) is 142 Å². The van der Waals surface area contributed by atoms with Gasteiger partial charge in [0.15, 0.2) is 39.6 Å². The summed E-state index contributed by atoms with van der Waals surface area (Å²) in [6, 6.07) is 0.0184. The van der Waals surface area contributed by atoms with Gasteiger partial charge in [0.25, 0.3) is 5.56 Å². The van der Waals surface area contributed by atoms with E-state index in [9.17, 15) is 14.4 Å². The first-order valence-electron chi connectivity index (χ1n) is 17.4. The van der Waals surface area contributed by atoms with Crippen molar-refractivity contribution >= 4 is 51.3 Å². The topological polar surface area (TPSA) is 174 Å². The molecule has 5 atom stereocenters. The molecule has 18 heteroatoms. The SMILES string of the molecule is Cc1cc(=O)[nH]c(NC(=O)NCCCCCCNC(=O)N[C@H]2C(O[Si](C)(C)C)O[C@H](CO[Si](C)(C)C)[C@@H](O[Si](C)(C)C)[C@@H]2O[Si](C)(C)C)n1. The van der Waals surface area contributed by atoms with Crippen LogP contribution in [0.4, 0.5) is 15.5 Å². The fourth-order valence-electron chi connectivity index (χ4n) is 5.07. The van der Waals surface area contributed by atoms with E-state index in [1.165, 1.54) is 6.07 Å². The zero-order valence-electron chi connectivity index (χ0n) is 32.1. The number of amides is 4. The van der Waals surface area contributed by atoms with E-state index >= 15 is 0 Å². The number of nitrogens with one attached hydrogen (secondary N) is 5. The Hall–Kier alpha value is -1.91. The van der Waals surface area contributed by atoms with Gasteiger partial charge in [-0.15, -0.1) is 0 Å². The molecule has 1 aliphatic heterocycles. The highest BCUT2D eigenvalue weighted by Crippen LogP contribution is 2.33. The summed E-state index contributed by atoms with van der Waals surface area (Å²) < 4.78 is 33.2. The Morgan fingerprint density at radius 2 is 1.31 bits per heavy atom. The van der Waals surface area contributed by atoms with Gasteiger partial charge in [0.2, 0.25) is 5.95 Å². The standard InChI is InChI=1S/C31H64N6O8Si4/c1-22-20-24(38)35-29(34-22)37-31(40)33-19-17-15-14-16-18-32-30(39)36-25-27(44-48(8,9)10)26(43-47(5,6)7)23(21-41-46(2,3)4)42-28(25)45-49(11,12)13/h20,23,25-28H,14-19,21H2,1-13H3,(H2,32,36,39)(H3,33,34,35,37,38,40)/t23-,25-,26-,27-,28?/m1/s1. The van der Waals surface area contributed by atoms with E-state index in [0.29, 0.717) is 25.4 Å². The van der Waals surface area contributed by atoms with Gasteiger partial charge in [-0.25, -0.2) is 14.6 Å². The zero-order chi connectivity index (χ0) is 37.2. The minimum Gasteiger partial charge on any atom is -0.415 e. The van der Waals surface area contributed by atoms with Gasteiger partial charge < -0.3 is 38.4 Å². The maximum absolute atomic E-state index is 13.4. The number of hydrogen-bond acceptors (Lipinski definition) is 9. The molecular formula is C31H64N6O8Si4. The summed E-state index contributed by atoms with van der Waals surface area (Å²) >= 11 is 0. The molecule has 1 aliphatic rings. The molecule has 4 amide bonds. The van der Waals surface area contributed by atoms with Gasteiger partial charge in [0.1, 0.15) is 18.2 Å². The third-order valence-electron chi connectivity index (χ3n) is 6.85. The fraction of sp³-hybridized carbons (Fsp3) is 0.806. The largest absolute Gasteiger partial charge is 0.415 e. The van der Waals surface area contributed by atoms with Crippen LogP contribution in [-0.2, 0) is 22.4 Å². The molecule has 0 aliphatic carbocycles. The lowest BCUT2D eigenvalue weighted by Crippen LogP contribution is -2.70. The predicted molar refractivity (Wildman–Crippen MR) is 204 cm³/mol. The molecule has 2 rings (SSSR count). The normalized spacial score (nSPS) is 22.0. The van der Waals surface area contributed by atoms with Gasteiger partial charge >= 0.3 is 12.1 Å². The molecule has 1 fully saturated rings. The third kappa shape index (κ3) is 18.2. The van der Waals surface area contributed by atoms with Crippen molar-refractivity contribution in [1.29, 1.82) is 0 Å². The van der Waals surface area contributed by atoms with Crippen LogP contribution in [-0.4, -0.2) is 106 Å². The zero-order valence-corrected chi connectivity index (χ0v) is 36.1. The Morgan fingerprint density at radius 3 is 1.82 bits per heavy atom. The predicted octanol–water partition coefficient (Wildman–Crippen LogP) is 5.30. The monoisotopic (exact) mass is 760 g/mol.